The van der Waals surface area contributed by atoms with Gasteiger partial charge in [0, 0.05) is 5.56 Å². The van der Waals surface area contributed by atoms with Crippen molar-refractivity contribution in [3.05, 3.63) is 90.0 Å². The van der Waals surface area contributed by atoms with Crippen LogP contribution in [0.15, 0.2) is 84.0 Å². The molecule has 0 unspecified atom stereocenters. The van der Waals surface area contributed by atoms with Gasteiger partial charge in [-0.3, -0.25) is 0 Å². The van der Waals surface area contributed by atoms with E-state index in [1.807, 2.05) is 42.5 Å². The summed E-state index contributed by atoms with van der Waals surface area (Å²) in [6.45, 7) is 0. The van der Waals surface area contributed by atoms with E-state index in [4.69, 9.17) is 15.3 Å². The van der Waals surface area contributed by atoms with E-state index in [1.165, 1.54) is 0 Å². The zero-order chi connectivity index (χ0) is 18.4. The third-order valence-corrected chi connectivity index (χ3v) is 3.84. The number of hydrogen-bond acceptors (Lipinski definition) is 4. The van der Waals surface area contributed by atoms with E-state index in [1.54, 1.807) is 43.5 Å². The molecule has 0 aromatic heterocycles. The summed E-state index contributed by atoms with van der Waals surface area (Å²) >= 11 is 0. The third kappa shape index (κ3) is 3.89. The average molecular weight is 346 g/mol. The highest BCUT2D eigenvalue weighted by Crippen LogP contribution is 2.24. The van der Waals surface area contributed by atoms with E-state index < -0.39 is 5.97 Å². The first kappa shape index (κ1) is 17.2. The number of benzene rings is 3. The van der Waals surface area contributed by atoms with Gasteiger partial charge in [0.15, 0.2) is 5.84 Å². The molecular formula is C21H18N2O3. The molecule has 3 aromatic carbocycles. The van der Waals surface area contributed by atoms with Gasteiger partial charge in [-0.15, -0.1) is 0 Å². The summed E-state index contributed by atoms with van der Waals surface area (Å²) < 4.78 is 5.09. The van der Waals surface area contributed by atoms with Gasteiger partial charge in [0.05, 0.1) is 12.7 Å². The van der Waals surface area contributed by atoms with Gasteiger partial charge in [0.1, 0.15) is 5.75 Å². The molecule has 3 rings (SSSR count). The molecule has 0 spiro atoms. The maximum atomic E-state index is 12.5. The van der Waals surface area contributed by atoms with Crippen LogP contribution in [-0.4, -0.2) is 18.9 Å². The zero-order valence-electron chi connectivity index (χ0n) is 14.3. The van der Waals surface area contributed by atoms with Gasteiger partial charge in [-0.2, -0.15) is 0 Å². The van der Waals surface area contributed by atoms with Crippen LogP contribution in [-0.2, 0) is 4.84 Å². The van der Waals surface area contributed by atoms with Crippen molar-refractivity contribution in [1.82, 2.24) is 0 Å². The number of carbonyl (C=O) groups is 1. The molecule has 26 heavy (non-hydrogen) atoms. The largest absolute Gasteiger partial charge is 0.497 e. The summed E-state index contributed by atoms with van der Waals surface area (Å²) in [5.74, 6) is 0.245. The van der Waals surface area contributed by atoms with E-state index in [-0.39, 0.29) is 5.84 Å². The number of amidine groups is 1. The van der Waals surface area contributed by atoms with Crippen LogP contribution < -0.4 is 10.5 Å². The van der Waals surface area contributed by atoms with Crippen LogP contribution >= 0.6 is 0 Å². The molecule has 0 heterocycles. The van der Waals surface area contributed by atoms with Gasteiger partial charge in [0.25, 0.3) is 0 Å². The monoisotopic (exact) mass is 346 g/mol. The highest BCUT2D eigenvalue weighted by atomic mass is 16.7. The number of methoxy groups -OCH3 is 1. The molecule has 0 aliphatic heterocycles. The predicted molar refractivity (Wildman–Crippen MR) is 101 cm³/mol. The minimum Gasteiger partial charge on any atom is -0.497 e. The quantitative estimate of drug-likeness (QED) is 0.330. The smallest absolute Gasteiger partial charge is 0.366 e. The molecule has 0 saturated carbocycles. The molecule has 0 fully saturated rings. The first-order chi connectivity index (χ1) is 12.7. The van der Waals surface area contributed by atoms with E-state index in [9.17, 15) is 4.79 Å². The summed E-state index contributed by atoms with van der Waals surface area (Å²) in [5, 5.41) is 3.77. The standard InChI is InChI=1S/C21H18N2O3/c1-25-17-13-11-16(12-14-17)20(22)23-26-21(24)19-10-6-5-9-18(19)15-7-3-2-4-8-15/h2-14H,1H3,(H2,22,23). The fraction of sp³-hybridized carbons (Fsp3) is 0.0476. The average Bonchev–Trinajstić information content (AvgIpc) is 2.72. The van der Waals surface area contributed by atoms with Crippen molar-refractivity contribution in [2.75, 3.05) is 7.11 Å². The maximum absolute atomic E-state index is 12.5. The summed E-state index contributed by atoms with van der Waals surface area (Å²) in [7, 11) is 1.58. The second-order valence-electron chi connectivity index (χ2n) is 5.50. The molecule has 0 saturated heterocycles. The first-order valence-electron chi connectivity index (χ1n) is 8.02. The van der Waals surface area contributed by atoms with Gasteiger partial charge in [-0.1, -0.05) is 53.7 Å². The molecule has 3 aromatic rings. The molecular weight excluding hydrogens is 328 g/mol. The summed E-state index contributed by atoms with van der Waals surface area (Å²) in [4.78, 5) is 17.5. The number of rotatable bonds is 5. The Morgan fingerprint density at radius 2 is 1.54 bits per heavy atom. The molecule has 0 aliphatic carbocycles. The Morgan fingerprint density at radius 1 is 0.885 bits per heavy atom. The van der Waals surface area contributed by atoms with Crippen molar-refractivity contribution in [1.29, 1.82) is 0 Å². The fourth-order valence-corrected chi connectivity index (χ4v) is 2.48. The lowest BCUT2D eigenvalue weighted by atomic mass is 10.00. The molecule has 2 N–H and O–H groups in total. The van der Waals surface area contributed by atoms with Gasteiger partial charge in [-0.25, -0.2) is 4.79 Å². The third-order valence-electron chi connectivity index (χ3n) is 3.84. The summed E-state index contributed by atoms with van der Waals surface area (Å²) in [6.07, 6.45) is 0. The highest BCUT2D eigenvalue weighted by molar-refractivity contribution is 6.00. The molecule has 0 atom stereocenters. The van der Waals surface area contributed by atoms with Crippen molar-refractivity contribution in [2.45, 2.75) is 0 Å². The molecule has 5 nitrogen and oxygen atoms in total. The fourth-order valence-electron chi connectivity index (χ4n) is 2.48. The number of hydrogen-bond donors (Lipinski definition) is 1. The molecule has 0 aliphatic rings. The van der Waals surface area contributed by atoms with E-state index in [0.717, 1.165) is 11.1 Å². The van der Waals surface area contributed by atoms with Crippen molar-refractivity contribution in [3.8, 4) is 16.9 Å². The minimum absolute atomic E-state index is 0.109. The lowest BCUT2D eigenvalue weighted by molar-refractivity contribution is 0.0517. The van der Waals surface area contributed by atoms with Crippen molar-refractivity contribution < 1.29 is 14.4 Å². The zero-order valence-corrected chi connectivity index (χ0v) is 14.3. The Balaban J connectivity index is 1.80. The summed E-state index contributed by atoms with van der Waals surface area (Å²) in [5.41, 5.74) is 8.65. The lowest BCUT2D eigenvalue weighted by Crippen LogP contribution is -2.15. The maximum Gasteiger partial charge on any atom is 0.366 e. The Hall–Kier alpha value is -3.60. The number of nitrogens with zero attached hydrogens (tertiary/aromatic N) is 1. The topological polar surface area (TPSA) is 73.9 Å². The number of carbonyl (C=O) groups excluding carboxylic acids is 1. The highest BCUT2D eigenvalue weighted by Gasteiger charge is 2.14. The Kier molecular flexibility index (Phi) is 5.29. The van der Waals surface area contributed by atoms with Gasteiger partial charge >= 0.3 is 5.97 Å². The van der Waals surface area contributed by atoms with Crippen LogP contribution in [0, 0.1) is 0 Å². The number of oxime groups is 1. The second-order valence-corrected chi connectivity index (χ2v) is 5.50. The van der Waals surface area contributed by atoms with Crippen LogP contribution in [0.2, 0.25) is 0 Å². The number of nitrogens with two attached hydrogens (primary N) is 1. The normalized spacial score (nSPS) is 11.0. The Morgan fingerprint density at radius 3 is 2.23 bits per heavy atom. The lowest BCUT2D eigenvalue weighted by Gasteiger charge is -2.07. The molecule has 0 bridgehead atoms. The second kappa shape index (κ2) is 7.98. The van der Waals surface area contributed by atoms with Gasteiger partial charge < -0.3 is 15.3 Å². The van der Waals surface area contributed by atoms with E-state index in [2.05, 4.69) is 5.16 Å². The van der Waals surface area contributed by atoms with Crippen molar-refractivity contribution >= 4 is 11.8 Å². The van der Waals surface area contributed by atoms with Crippen molar-refractivity contribution in [3.63, 3.8) is 0 Å². The predicted octanol–water partition coefficient (Wildman–Crippen LogP) is 3.84. The summed E-state index contributed by atoms with van der Waals surface area (Å²) in [6, 6.07) is 23.8. The van der Waals surface area contributed by atoms with E-state index in [0.29, 0.717) is 16.9 Å². The molecule has 0 amide bonds. The van der Waals surface area contributed by atoms with Crippen LogP contribution in [0.25, 0.3) is 11.1 Å². The Bertz CT molecular complexity index is 920. The van der Waals surface area contributed by atoms with Crippen molar-refractivity contribution in [2.24, 2.45) is 10.9 Å². The van der Waals surface area contributed by atoms with E-state index >= 15 is 0 Å². The molecule has 5 heteroatoms. The first-order valence-corrected chi connectivity index (χ1v) is 8.02. The Labute approximate surface area is 151 Å². The van der Waals surface area contributed by atoms with Gasteiger partial charge in [-0.05, 0) is 41.5 Å². The van der Waals surface area contributed by atoms with Gasteiger partial charge in [0.2, 0.25) is 0 Å². The number of ether oxygens (including phenoxy) is 1. The molecule has 0 radical (unpaired) electrons. The molecule has 130 valence electrons. The minimum atomic E-state index is -0.569. The van der Waals surface area contributed by atoms with Crippen LogP contribution in [0.4, 0.5) is 0 Å². The van der Waals surface area contributed by atoms with Crippen LogP contribution in [0.3, 0.4) is 0 Å². The van der Waals surface area contributed by atoms with Crippen LogP contribution in [0.5, 0.6) is 5.75 Å². The van der Waals surface area contributed by atoms with Crippen LogP contribution in [0.1, 0.15) is 15.9 Å². The SMILES string of the molecule is COc1ccc(/C(N)=N\OC(=O)c2ccccc2-c2ccccc2)cc1.